The zero-order valence-corrected chi connectivity index (χ0v) is 17.8. The van der Waals surface area contributed by atoms with Crippen LogP contribution < -0.4 is 0 Å². The van der Waals surface area contributed by atoms with Gasteiger partial charge in [0.1, 0.15) is 5.60 Å². The Labute approximate surface area is 170 Å². The lowest BCUT2D eigenvalue weighted by atomic mass is 9.87. The highest BCUT2D eigenvalue weighted by molar-refractivity contribution is 7.90. The minimum atomic E-state index is -3.33. The van der Waals surface area contributed by atoms with Gasteiger partial charge < -0.3 is 9.64 Å². The number of hydrogen-bond donors (Lipinski definition) is 0. The molecule has 0 unspecified atom stereocenters. The highest BCUT2D eigenvalue weighted by Gasteiger charge is 2.36. The molecule has 1 aromatic heterocycles. The molecule has 0 radical (unpaired) electrons. The fourth-order valence-corrected chi connectivity index (χ4v) is 4.07. The van der Waals surface area contributed by atoms with Crippen molar-refractivity contribution in [3.05, 3.63) is 47.2 Å². The third-order valence-corrected chi connectivity index (χ3v) is 5.91. The third kappa shape index (κ3) is 4.47. The molecule has 28 heavy (non-hydrogen) atoms. The Morgan fingerprint density at radius 3 is 2.46 bits per heavy atom. The second-order valence-corrected chi connectivity index (χ2v) is 10.4. The Kier molecular flexibility index (Phi) is 5.42. The van der Waals surface area contributed by atoms with Gasteiger partial charge in [0.25, 0.3) is 0 Å². The van der Waals surface area contributed by atoms with Crippen molar-refractivity contribution in [3.63, 3.8) is 0 Å². The van der Waals surface area contributed by atoms with Gasteiger partial charge in [-0.25, -0.2) is 13.2 Å². The van der Waals surface area contributed by atoms with Gasteiger partial charge in [0.2, 0.25) is 0 Å². The smallest absolute Gasteiger partial charge is 0.410 e. The van der Waals surface area contributed by atoms with Crippen LogP contribution in [0.15, 0.2) is 41.6 Å². The van der Waals surface area contributed by atoms with Crippen molar-refractivity contribution in [1.29, 1.82) is 0 Å². The Balaban J connectivity index is 1.83. The normalized spacial score (nSPS) is 15.2. The zero-order valence-electron chi connectivity index (χ0n) is 16.3. The first kappa shape index (κ1) is 20.6. The molecule has 1 saturated heterocycles. The molecule has 8 heteroatoms. The molecule has 1 fully saturated rings. The molecule has 2 aromatic rings. The number of nitrogens with zero attached hydrogens (tertiary/aromatic N) is 2. The minimum absolute atomic E-state index is 0.113. The lowest BCUT2D eigenvalue weighted by molar-refractivity contribution is 0.00820. The molecule has 0 aliphatic carbocycles. The SMILES string of the molecule is CC(C)(C)OC(=O)N1CC(c2cnccc2-c2ccc(S(C)(=O)=O)cc2Cl)C1. The molecule has 6 nitrogen and oxygen atoms in total. The molecule has 0 N–H and O–H groups in total. The number of halogens is 1. The van der Waals surface area contributed by atoms with Gasteiger partial charge in [-0.1, -0.05) is 17.7 Å². The van der Waals surface area contributed by atoms with Crippen LogP contribution in [0.2, 0.25) is 5.02 Å². The number of carbonyl (C=O) groups is 1. The standard InChI is InChI=1S/C20H23ClN2O4S/c1-20(2,3)27-19(24)23-11-13(12-23)17-10-22-8-7-15(17)16-6-5-14(9-18(16)21)28(4,25)26/h5-10,13H,11-12H2,1-4H3. The van der Waals surface area contributed by atoms with E-state index >= 15 is 0 Å². The van der Waals surface area contributed by atoms with E-state index in [2.05, 4.69) is 4.98 Å². The monoisotopic (exact) mass is 422 g/mol. The summed E-state index contributed by atoms with van der Waals surface area (Å²) >= 11 is 6.39. The average Bonchev–Trinajstić information content (AvgIpc) is 2.51. The molecule has 0 saturated carbocycles. The second-order valence-electron chi connectivity index (χ2n) is 7.96. The van der Waals surface area contributed by atoms with Crippen molar-refractivity contribution in [1.82, 2.24) is 9.88 Å². The van der Waals surface area contributed by atoms with E-state index in [0.29, 0.717) is 18.1 Å². The first-order chi connectivity index (χ1) is 13.0. The third-order valence-electron chi connectivity index (χ3n) is 4.48. The van der Waals surface area contributed by atoms with E-state index < -0.39 is 15.4 Å². The Hall–Kier alpha value is -2.12. The highest BCUT2D eigenvalue weighted by atomic mass is 35.5. The Morgan fingerprint density at radius 1 is 1.21 bits per heavy atom. The fraction of sp³-hybridized carbons (Fsp3) is 0.400. The Morgan fingerprint density at radius 2 is 1.89 bits per heavy atom. The first-order valence-electron chi connectivity index (χ1n) is 8.87. The van der Waals surface area contributed by atoms with Crippen LogP contribution in [0.5, 0.6) is 0 Å². The minimum Gasteiger partial charge on any atom is -0.444 e. The number of likely N-dealkylation sites (tertiary alicyclic amines) is 1. The van der Waals surface area contributed by atoms with Crippen LogP contribution in [0.1, 0.15) is 32.3 Å². The number of pyridine rings is 1. The van der Waals surface area contributed by atoms with Gasteiger partial charge in [-0.2, -0.15) is 0 Å². The number of hydrogen-bond acceptors (Lipinski definition) is 5. The van der Waals surface area contributed by atoms with Crippen LogP contribution in [-0.4, -0.2) is 49.3 Å². The molecule has 1 aliphatic rings. The van der Waals surface area contributed by atoms with E-state index in [1.54, 1.807) is 29.4 Å². The van der Waals surface area contributed by atoms with E-state index in [1.165, 1.54) is 6.07 Å². The summed E-state index contributed by atoms with van der Waals surface area (Å²) in [6.45, 7) is 6.58. The first-order valence-corrected chi connectivity index (χ1v) is 11.1. The van der Waals surface area contributed by atoms with E-state index in [4.69, 9.17) is 16.3 Å². The van der Waals surface area contributed by atoms with E-state index in [-0.39, 0.29) is 16.9 Å². The number of aromatic nitrogens is 1. The van der Waals surface area contributed by atoms with Crippen LogP contribution in [0.3, 0.4) is 0 Å². The summed E-state index contributed by atoms with van der Waals surface area (Å²) < 4.78 is 28.9. The molecular weight excluding hydrogens is 400 g/mol. The summed E-state index contributed by atoms with van der Waals surface area (Å²) in [5.74, 6) is 0.113. The number of benzene rings is 1. The van der Waals surface area contributed by atoms with Crippen molar-refractivity contribution >= 4 is 27.5 Å². The van der Waals surface area contributed by atoms with Crippen molar-refractivity contribution in [2.45, 2.75) is 37.2 Å². The lowest BCUT2D eigenvalue weighted by Crippen LogP contribution is -2.50. The number of ether oxygens (including phenoxy) is 1. The van der Waals surface area contributed by atoms with Crippen LogP contribution in [0.25, 0.3) is 11.1 Å². The summed E-state index contributed by atoms with van der Waals surface area (Å²) in [5, 5.41) is 0.360. The van der Waals surface area contributed by atoms with Crippen LogP contribution in [0.4, 0.5) is 4.79 Å². The molecule has 0 bridgehead atoms. The predicted octanol–water partition coefficient (Wildman–Crippen LogP) is 4.14. The van der Waals surface area contributed by atoms with Crippen LogP contribution >= 0.6 is 11.6 Å². The largest absolute Gasteiger partial charge is 0.444 e. The van der Waals surface area contributed by atoms with Gasteiger partial charge in [0.05, 0.1) is 4.90 Å². The topological polar surface area (TPSA) is 76.6 Å². The number of sulfone groups is 1. The summed E-state index contributed by atoms with van der Waals surface area (Å²) in [4.78, 5) is 18.2. The van der Waals surface area contributed by atoms with Gasteiger partial charge in [-0.05, 0) is 50.1 Å². The highest BCUT2D eigenvalue weighted by Crippen LogP contribution is 2.38. The number of amides is 1. The van der Waals surface area contributed by atoms with Crippen molar-refractivity contribution in [3.8, 4) is 11.1 Å². The lowest BCUT2D eigenvalue weighted by Gasteiger charge is -2.40. The van der Waals surface area contributed by atoms with Gasteiger partial charge in [0, 0.05) is 48.2 Å². The van der Waals surface area contributed by atoms with Crippen molar-refractivity contribution in [2.24, 2.45) is 0 Å². The molecule has 2 heterocycles. The summed E-state index contributed by atoms with van der Waals surface area (Å²) in [5.41, 5.74) is 2.06. The second kappa shape index (κ2) is 7.37. The zero-order chi connectivity index (χ0) is 20.7. The van der Waals surface area contributed by atoms with Gasteiger partial charge in [-0.3, -0.25) is 4.98 Å². The van der Waals surface area contributed by atoms with Crippen LogP contribution in [-0.2, 0) is 14.6 Å². The Bertz CT molecular complexity index is 1010. The van der Waals surface area contributed by atoms with Crippen LogP contribution in [0, 0.1) is 0 Å². The maximum Gasteiger partial charge on any atom is 0.410 e. The maximum atomic E-state index is 12.2. The number of rotatable bonds is 3. The van der Waals surface area contributed by atoms with E-state index in [1.807, 2.05) is 26.8 Å². The van der Waals surface area contributed by atoms with Gasteiger partial charge >= 0.3 is 6.09 Å². The summed E-state index contributed by atoms with van der Waals surface area (Å²) in [6, 6.07) is 6.58. The summed E-state index contributed by atoms with van der Waals surface area (Å²) in [6.07, 6.45) is 4.26. The van der Waals surface area contributed by atoms with Crippen molar-refractivity contribution < 1.29 is 17.9 Å². The predicted molar refractivity (Wildman–Crippen MR) is 108 cm³/mol. The van der Waals surface area contributed by atoms with E-state index in [9.17, 15) is 13.2 Å². The maximum absolute atomic E-state index is 12.2. The average molecular weight is 423 g/mol. The molecule has 1 aromatic carbocycles. The molecule has 1 aliphatic heterocycles. The van der Waals surface area contributed by atoms with Gasteiger partial charge in [-0.15, -0.1) is 0 Å². The molecule has 1 amide bonds. The molecular formula is C20H23ClN2O4S. The van der Waals surface area contributed by atoms with Gasteiger partial charge in [0.15, 0.2) is 9.84 Å². The fourth-order valence-electron chi connectivity index (χ4n) is 3.07. The summed E-state index contributed by atoms with van der Waals surface area (Å²) in [7, 11) is -3.33. The van der Waals surface area contributed by atoms with E-state index in [0.717, 1.165) is 22.9 Å². The molecule has 0 atom stereocenters. The van der Waals surface area contributed by atoms with Crippen molar-refractivity contribution in [2.75, 3.05) is 19.3 Å². The molecule has 3 rings (SSSR count). The quantitative estimate of drug-likeness (QED) is 0.742. The molecule has 0 spiro atoms. The number of carbonyl (C=O) groups excluding carboxylic acids is 1. The molecule has 150 valence electrons.